The Bertz CT molecular complexity index is 586. The normalized spacial score (nSPS) is 10.6. The van der Waals surface area contributed by atoms with Crippen LogP contribution < -0.4 is 15.8 Å². The van der Waals surface area contributed by atoms with E-state index in [2.05, 4.69) is 15.5 Å². The van der Waals surface area contributed by atoms with Gasteiger partial charge in [-0.05, 0) is 6.42 Å². The first kappa shape index (κ1) is 14.1. The van der Waals surface area contributed by atoms with Gasteiger partial charge in [0.2, 0.25) is 5.89 Å². The average Bonchev–Trinajstić information content (AvgIpc) is 2.82. The second-order valence-corrected chi connectivity index (χ2v) is 4.30. The van der Waals surface area contributed by atoms with Crippen LogP contribution in [0.15, 0.2) is 16.7 Å². The van der Waals surface area contributed by atoms with Crippen molar-refractivity contribution in [3.63, 3.8) is 0 Å². The average molecular weight is 280 g/mol. The number of nitrogen functional groups attached to an aromatic ring is 1. The lowest BCUT2D eigenvalue weighted by Gasteiger charge is -2.12. The molecule has 108 valence electrons. The third kappa shape index (κ3) is 3.37. The molecule has 20 heavy (non-hydrogen) atoms. The number of anilines is 2. The van der Waals surface area contributed by atoms with Crippen LogP contribution in [-0.4, -0.2) is 16.7 Å². The Morgan fingerprint density at radius 1 is 1.45 bits per heavy atom. The fourth-order valence-corrected chi connectivity index (χ4v) is 1.63. The number of hydrogen-bond donors (Lipinski definition) is 2. The molecule has 0 spiro atoms. The van der Waals surface area contributed by atoms with Crippen LogP contribution in [0.2, 0.25) is 0 Å². The van der Waals surface area contributed by atoms with Crippen molar-refractivity contribution >= 4 is 11.4 Å². The van der Waals surface area contributed by atoms with Crippen LogP contribution in [0.5, 0.6) is 5.75 Å². The number of aromatic nitrogens is 2. The van der Waals surface area contributed by atoms with E-state index in [4.69, 9.17) is 15.0 Å². The molecule has 2 aromatic rings. The van der Waals surface area contributed by atoms with Crippen molar-refractivity contribution in [3.8, 4) is 5.75 Å². The molecule has 3 N–H and O–H groups in total. The lowest BCUT2D eigenvalue weighted by atomic mass is 10.2. The van der Waals surface area contributed by atoms with Gasteiger partial charge in [0.15, 0.2) is 17.4 Å². The molecule has 0 fully saturated rings. The molecule has 6 nitrogen and oxygen atoms in total. The number of nitrogens with one attached hydrogen (secondary N) is 1. The summed E-state index contributed by atoms with van der Waals surface area (Å²) in [6.07, 6.45) is 0.800. The molecule has 0 saturated heterocycles. The van der Waals surface area contributed by atoms with E-state index in [-0.39, 0.29) is 5.75 Å². The fraction of sp³-hybridized carbons (Fsp3) is 0.385. The topological polar surface area (TPSA) is 86.2 Å². The summed E-state index contributed by atoms with van der Waals surface area (Å²) in [5, 5.41) is 6.79. The Labute approximate surface area is 116 Å². The number of halogens is 1. The van der Waals surface area contributed by atoms with Crippen molar-refractivity contribution in [2.75, 3.05) is 17.7 Å². The van der Waals surface area contributed by atoms with E-state index in [0.29, 0.717) is 36.2 Å². The Morgan fingerprint density at radius 3 is 2.90 bits per heavy atom. The smallest absolute Gasteiger partial charge is 0.223 e. The minimum absolute atomic E-state index is 0.174. The quantitative estimate of drug-likeness (QED) is 0.791. The zero-order valence-corrected chi connectivity index (χ0v) is 11.4. The molecule has 0 aliphatic carbocycles. The molecule has 0 amide bonds. The lowest BCUT2D eigenvalue weighted by Crippen LogP contribution is -2.06. The molecule has 0 radical (unpaired) electrons. The zero-order valence-electron chi connectivity index (χ0n) is 11.4. The number of aryl methyl sites for hydroxylation is 1. The molecule has 0 saturated carbocycles. The van der Waals surface area contributed by atoms with Crippen molar-refractivity contribution in [3.05, 3.63) is 29.7 Å². The molecule has 2 rings (SSSR count). The van der Waals surface area contributed by atoms with Gasteiger partial charge in [-0.1, -0.05) is 12.1 Å². The molecule has 7 heteroatoms. The predicted molar refractivity (Wildman–Crippen MR) is 73.0 cm³/mol. The monoisotopic (exact) mass is 280 g/mol. The minimum atomic E-state index is -0.475. The Hall–Kier alpha value is -2.31. The summed E-state index contributed by atoms with van der Waals surface area (Å²) in [7, 11) is 0. The van der Waals surface area contributed by atoms with E-state index in [1.54, 1.807) is 6.92 Å². The molecule has 1 aromatic heterocycles. The number of nitrogens with two attached hydrogens (primary N) is 1. The van der Waals surface area contributed by atoms with Crippen LogP contribution in [0.4, 0.5) is 15.8 Å². The van der Waals surface area contributed by atoms with E-state index in [1.807, 2.05) is 6.92 Å². The van der Waals surface area contributed by atoms with Gasteiger partial charge in [-0.15, -0.1) is 0 Å². The lowest BCUT2D eigenvalue weighted by molar-refractivity contribution is 0.301. The highest BCUT2D eigenvalue weighted by atomic mass is 19.1. The summed E-state index contributed by atoms with van der Waals surface area (Å²) in [6.45, 7) is 4.44. The van der Waals surface area contributed by atoms with Crippen LogP contribution >= 0.6 is 0 Å². The van der Waals surface area contributed by atoms with Crippen molar-refractivity contribution in [1.29, 1.82) is 0 Å². The molecule has 0 aliphatic heterocycles. The van der Waals surface area contributed by atoms with Gasteiger partial charge in [0, 0.05) is 19.1 Å². The maximum Gasteiger partial charge on any atom is 0.223 e. The number of hydrogen-bond acceptors (Lipinski definition) is 6. The maximum absolute atomic E-state index is 13.6. The van der Waals surface area contributed by atoms with Gasteiger partial charge in [0.05, 0.1) is 24.5 Å². The molecule has 0 bridgehead atoms. The van der Waals surface area contributed by atoms with Gasteiger partial charge >= 0.3 is 0 Å². The van der Waals surface area contributed by atoms with Crippen molar-refractivity contribution in [1.82, 2.24) is 10.1 Å². The van der Waals surface area contributed by atoms with Crippen molar-refractivity contribution < 1.29 is 13.7 Å². The maximum atomic E-state index is 13.6. The molecule has 0 aliphatic rings. The zero-order chi connectivity index (χ0) is 14.5. The van der Waals surface area contributed by atoms with E-state index in [9.17, 15) is 4.39 Å². The number of benzene rings is 1. The van der Waals surface area contributed by atoms with E-state index < -0.39 is 5.82 Å². The summed E-state index contributed by atoms with van der Waals surface area (Å²) in [6, 6.07) is 2.77. The summed E-state index contributed by atoms with van der Waals surface area (Å²) in [4.78, 5) is 4.06. The molecular weight excluding hydrogens is 263 g/mol. The summed E-state index contributed by atoms with van der Waals surface area (Å²) in [5.41, 5.74) is 6.63. The van der Waals surface area contributed by atoms with Gasteiger partial charge in [0.25, 0.3) is 0 Å². The van der Waals surface area contributed by atoms with Crippen LogP contribution in [0, 0.1) is 12.7 Å². The first-order chi connectivity index (χ1) is 9.60. The third-order valence-electron chi connectivity index (χ3n) is 2.57. The molecule has 1 aromatic carbocycles. The van der Waals surface area contributed by atoms with Crippen molar-refractivity contribution in [2.45, 2.75) is 26.8 Å². The highest BCUT2D eigenvalue weighted by Gasteiger charge is 2.10. The van der Waals surface area contributed by atoms with Crippen molar-refractivity contribution in [2.24, 2.45) is 0 Å². The van der Waals surface area contributed by atoms with Crippen LogP contribution in [0.25, 0.3) is 0 Å². The molecule has 0 atom stereocenters. The first-order valence-electron chi connectivity index (χ1n) is 6.35. The largest absolute Gasteiger partial charge is 0.490 e. The molecular formula is C13H17FN4O2. The van der Waals surface area contributed by atoms with E-state index in [0.717, 1.165) is 6.42 Å². The predicted octanol–water partition coefficient (Wildman–Crippen LogP) is 2.50. The van der Waals surface area contributed by atoms with Gasteiger partial charge in [-0.25, -0.2) is 4.39 Å². The number of ether oxygens (including phenoxy) is 1. The third-order valence-corrected chi connectivity index (χ3v) is 2.57. The fourth-order valence-electron chi connectivity index (χ4n) is 1.63. The highest BCUT2D eigenvalue weighted by molar-refractivity contribution is 5.68. The Balaban J connectivity index is 2.09. The summed E-state index contributed by atoms with van der Waals surface area (Å²) >= 11 is 0. The number of nitrogens with zero attached hydrogens (tertiary/aromatic N) is 2. The molecule has 0 unspecified atom stereocenters. The van der Waals surface area contributed by atoms with Gasteiger partial charge in [-0.2, -0.15) is 4.98 Å². The van der Waals surface area contributed by atoms with Gasteiger partial charge in [-0.3, -0.25) is 0 Å². The Kier molecular flexibility index (Phi) is 4.39. The molecule has 1 heterocycles. The SMILES string of the molecule is CCCOc1cc(NCc2noc(C)n2)c(N)cc1F. The van der Waals surface area contributed by atoms with Gasteiger partial charge in [0.1, 0.15) is 0 Å². The van der Waals surface area contributed by atoms with Crippen LogP contribution in [-0.2, 0) is 6.54 Å². The second-order valence-electron chi connectivity index (χ2n) is 4.30. The summed E-state index contributed by atoms with van der Waals surface area (Å²) in [5.74, 6) is 0.688. The standard InChI is InChI=1S/C13H17FN4O2/c1-3-4-19-12-6-11(10(15)5-9(12)14)16-7-13-17-8(2)20-18-13/h5-6,16H,3-4,7,15H2,1-2H3. The van der Waals surface area contributed by atoms with Crippen LogP contribution in [0.1, 0.15) is 25.1 Å². The van der Waals surface area contributed by atoms with E-state index in [1.165, 1.54) is 12.1 Å². The number of rotatable bonds is 6. The summed E-state index contributed by atoms with van der Waals surface area (Å²) < 4.78 is 23.8. The Morgan fingerprint density at radius 2 is 2.25 bits per heavy atom. The highest BCUT2D eigenvalue weighted by Crippen LogP contribution is 2.28. The van der Waals surface area contributed by atoms with E-state index >= 15 is 0 Å². The first-order valence-corrected chi connectivity index (χ1v) is 6.35. The van der Waals surface area contributed by atoms with Crippen LogP contribution in [0.3, 0.4) is 0 Å². The van der Waals surface area contributed by atoms with Gasteiger partial charge < -0.3 is 20.3 Å². The second kappa shape index (κ2) is 6.23. The minimum Gasteiger partial charge on any atom is -0.490 e.